The number of sulfonamides is 1. The Morgan fingerprint density at radius 3 is 2.16 bits per heavy atom. The minimum Gasteiger partial charge on any atom is -0.352 e. The van der Waals surface area contributed by atoms with Gasteiger partial charge in [0.25, 0.3) is 10.0 Å². The quantitative estimate of drug-likeness (QED) is 0.235. The molecule has 2 amide bonds. The molecule has 0 saturated heterocycles. The summed E-state index contributed by atoms with van der Waals surface area (Å²) in [5, 5.41) is 3.63. The van der Waals surface area contributed by atoms with Crippen molar-refractivity contribution < 1.29 is 18.0 Å². The van der Waals surface area contributed by atoms with Crippen molar-refractivity contribution in [3.63, 3.8) is 0 Å². The van der Waals surface area contributed by atoms with Gasteiger partial charge >= 0.3 is 0 Å². The average molecular weight is 645 g/mol. The molecule has 1 aliphatic rings. The van der Waals surface area contributed by atoms with Crippen LogP contribution >= 0.6 is 23.2 Å². The fraction of sp³-hybridized carbons (Fsp3) is 0.394. The van der Waals surface area contributed by atoms with E-state index in [-0.39, 0.29) is 39.1 Å². The smallest absolute Gasteiger partial charge is 0.264 e. The monoisotopic (exact) mass is 643 g/mol. The molecule has 230 valence electrons. The van der Waals surface area contributed by atoms with Gasteiger partial charge in [-0.2, -0.15) is 0 Å². The van der Waals surface area contributed by atoms with Crippen LogP contribution in [-0.4, -0.2) is 50.3 Å². The van der Waals surface area contributed by atoms with Crippen LogP contribution in [0.15, 0.2) is 77.7 Å². The zero-order valence-corrected chi connectivity index (χ0v) is 27.0. The molecule has 1 N–H and O–H groups in total. The topological polar surface area (TPSA) is 86.8 Å². The lowest BCUT2D eigenvalue weighted by atomic mass is 9.95. The van der Waals surface area contributed by atoms with Crippen molar-refractivity contribution >= 4 is 50.7 Å². The van der Waals surface area contributed by atoms with E-state index in [0.717, 1.165) is 47.5 Å². The molecule has 43 heavy (non-hydrogen) atoms. The Balaban J connectivity index is 1.69. The number of rotatable bonds is 12. The Hall–Kier alpha value is -3.07. The summed E-state index contributed by atoms with van der Waals surface area (Å²) in [6.45, 7) is 3.44. The molecule has 0 unspecified atom stereocenters. The number of aryl methyl sites for hydroxylation is 1. The molecule has 0 heterocycles. The molecule has 0 aliphatic heterocycles. The molecular weight excluding hydrogens is 605 g/mol. The summed E-state index contributed by atoms with van der Waals surface area (Å²) in [6.07, 6.45) is 6.00. The lowest BCUT2D eigenvalue weighted by Gasteiger charge is -2.34. The highest BCUT2D eigenvalue weighted by atomic mass is 35.5. The molecule has 3 aromatic rings. The van der Waals surface area contributed by atoms with Crippen LogP contribution in [0.25, 0.3) is 0 Å². The maximum atomic E-state index is 14.2. The molecule has 1 atom stereocenters. The molecule has 7 nitrogen and oxygen atoms in total. The summed E-state index contributed by atoms with van der Waals surface area (Å²) < 4.78 is 29.1. The molecule has 0 aromatic heterocycles. The van der Waals surface area contributed by atoms with Gasteiger partial charge in [-0.3, -0.25) is 13.9 Å². The predicted molar refractivity (Wildman–Crippen MR) is 173 cm³/mol. The van der Waals surface area contributed by atoms with Crippen molar-refractivity contribution in [2.45, 2.75) is 75.8 Å². The van der Waals surface area contributed by atoms with Gasteiger partial charge in [-0.05, 0) is 68.5 Å². The standard InChI is InChI=1S/C33H39Cl2N3O4S/c1-3-31(33(40)36-28-12-8-5-9-13-28)37(19-18-25-10-6-4-7-11-25)32(39)23-38(29-21-26(34)20-27(35)22-29)43(41,42)30-16-14-24(2)15-17-30/h4,6-7,10-11,14-17,20-22,28,31H,3,5,8-9,12-13,18-19,23H2,1-2H3,(H,36,40)/t31-/m1/s1. The molecule has 1 saturated carbocycles. The lowest BCUT2D eigenvalue weighted by Crippen LogP contribution is -2.54. The largest absolute Gasteiger partial charge is 0.352 e. The lowest BCUT2D eigenvalue weighted by molar-refractivity contribution is -0.140. The van der Waals surface area contributed by atoms with Crippen LogP contribution in [0.1, 0.15) is 56.6 Å². The first kappa shape index (κ1) is 32.8. The summed E-state index contributed by atoms with van der Waals surface area (Å²) >= 11 is 12.6. The third kappa shape index (κ3) is 8.74. The highest BCUT2D eigenvalue weighted by Gasteiger charge is 2.34. The van der Waals surface area contributed by atoms with Gasteiger partial charge < -0.3 is 10.2 Å². The first-order chi connectivity index (χ1) is 20.6. The van der Waals surface area contributed by atoms with E-state index in [1.807, 2.05) is 44.2 Å². The van der Waals surface area contributed by atoms with Gasteiger partial charge in [-0.25, -0.2) is 8.42 Å². The SMILES string of the molecule is CC[C@H](C(=O)NC1CCCCC1)N(CCc1ccccc1)C(=O)CN(c1cc(Cl)cc(Cl)c1)S(=O)(=O)c1ccc(C)cc1. The molecule has 3 aromatic carbocycles. The molecule has 1 aliphatic carbocycles. The number of anilines is 1. The van der Waals surface area contributed by atoms with Crippen molar-refractivity contribution in [1.29, 1.82) is 0 Å². The predicted octanol–water partition coefficient (Wildman–Crippen LogP) is 6.80. The Kier molecular flexibility index (Phi) is 11.5. The average Bonchev–Trinajstić information content (AvgIpc) is 2.98. The summed E-state index contributed by atoms with van der Waals surface area (Å²) in [5.41, 5.74) is 2.07. The van der Waals surface area contributed by atoms with Gasteiger partial charge in [0.2, 0.25) is 11.8 Å². The van der Waals surface area contributed by atoms with Gasteiger partial charge in [-0.1, -0.05) is 97.4 Å². The van der Waals surface area contributed by atoms with Gasteiger partial charge in [0, 0.05) is 22.6 Å². The second-order valence-electron chi connectivity index (χ2n) is 11.0. The minimum absolute atomic E-state index is 0.0277. The number of carbonyl (C=O) groups is 2. The number of carbonyl (C=O) groups excluding carboxylic acids is 2. The zero-order valence-electron chi connectivity index (χ0n) is 24.6. The molecule has 0 radical (unpaired) electrons. The number of benzene rings is 3. The first-order valence-corrected chi connectivity index (χ1v) is 17.0. The second kappa shape index (κ2) is 15.1. The van der Waals surface area contributed by atoms with E-state index in [0.29, 0.717) is 12.8 Å². The Morgan fingerprint density at radius 2 is 1.56 bits per heavy atom. The maximum absolute atomic E-state index is 14.2. The number of nitrogens with one attached hydrogen (secondary N) is 1. The molecule has 1 fully saturated rings. The number of nitrogens with zero attached hydrogens (tertiary/aromatic N) is 2. The van der Waals surface area contributed by atoms with Crippen LogP contribution in [0, 0.1) is 6.92 Å². The number of halogens is 2. The highest BCUT2D eigenvalue weighted by molar-refractivity contribution is 7.92. The van der Waals surface area contributed by atoms with Crippen LogP contribution in [0.5, 0.6) is 0 Å². The highest BCUT2D eigenvalue weighted by Crippen LogP contribution is 2.30. The van der Waals surface area contributed by atoms with Crippen molar-refractivity contribution in [3.8, 4) is 0 Å². The summed E-state index contributed by atoms with van der Waals surface area (Å²) in [6, 6.07) is 19.9. The summed E-state index contributed by atoms with van der Waals surface area (Å²) in [7, 11) is -4.21. The number of hydrogen-bond acceptors (Lipinski definition) is 4. The van der Waals surface area contributed by atoms with E-state index < -0.39 is 28.5 Å². The molecule has 4 rings (SSSR count). The zero-order chi connectivity index (χ0) is 31.0. The molecule has 0 bridgehead atoms. The first-order valence-electron chi connectivity index (χ1n) is 14.8. The third-order valence-corrected chi connectivity index (χ3v) is 10.1. The fourth-order valence-corrected chi connectivity index (χ4v) is 7.40. The maximum Gasteiger partial charge on any atom is 0.264 e. The molecule has 10 heteroatoms. The van der Waals surface area contributed by atoms with Gasteiger partial charge in [0.15, 0.2) is 0 Å². The van der Waals surface area contributed by atoms with Gasteiger partial charge in [-0.15, -0.1) is 0 Å². The second-order valence-corrected chi connectivity index (χ2v) is 13.8. The van der Waals surface area contributed by atoms with Crippen molar-refractivity contribution in [3.05, 3.63) is 94.0 Å². The van der Waals surface area contributed by atoms with Crippen LogP contribution < -0.4 is 9.62 Å². The Morgan fingerprint density at radius 1 is 0.930 bits per heavy atom. The van der Waals surface area contributed by atoms with E-state index in [1.165, 1.54) is 35.2 Å². The summed E-state index contributed by atoms with van der Waals surface area (Å²) in [5.74, 6) is -0.706. The third-order valence-electron chi connectivity index (χ3n) is 7.84. The van der Waals surface area contributed by atoms with Crippen molar-refractivity contribution in [2.75, 3.05) is 17.4 Å². The Labute approximate surface area is 265 Å². The number of amides is 2. The molecule has 0 spiro atoms. The molecular formula is C33H39Cl2N3O4S. The normalized spacial score (nSPS) is 14.6. The van der Waals surface area contributed by atoms with Crippen molar-refractivity contribution in [2.24, 2.45) is 0 Å². The van der Waals surface area contributed by atoms with Crippen LogP contribution in [0.3, 0.4) is 0 Å². The van der Waals surface area contributed by atoms with E-state index in [9.17, 15) is 18.0 Å². The van der Waals surface area contributed by atoms with Gasteiger partial charge in [0.05, 0.1) is 10.6 Å². The van der Waals surface area contributed by atoms with Crippen LogP contribution in [0.2, 0.25) is 10.0 Å². The Bertz CT molecular complexity index is 1470. The van der Waals surface area contributed by atoms with E-state index >= 15 is 0 Å². The number of hydrogen-bond donors (Lipinski definition) is 1. The van der Waals surface area contributed by atoms with E-state index in [4.69, 9.17) is 23.2 Å². The summed E-state index contributed by atoms with van der Waals surface area (Å²) in [4.78, 5) is 29.4. The van der Waals surface area contributed by atoms with E-state index in [2.05, 4.69) is 5.32 Å². The van der Waals surface area contributed by atoms with E-state index in [1.54, 1.807) is 12.1 Å². The minimum atomic E-state index is -4.21. The van der Waals surface area contributed by atoms with Crippen LogP contribution in [-0.2, 0) is 26.0 Å². The fourth-order valence-electron chi connectivity index (χ4n) is 5.49. The van der Waals surface area contributed by atoms with Crippen LogP contribution in [0.4, 0.5) is 5.69 Å². The van der Waals surface area contributed by atoms with Crippen molar-refractivity contribution in [1.82, 2.24) is 10.2 Å². The van der Waals surface area contributed by atoms with Gasteiger partial charge in [0.1, 0.15) is 12.6 Å².